The molecule has 0 bridgehead atoms. The van der Waals surface area contributed by atoms with Crippen molar-refractivity contribution in [2.75, 3.05) is 39.6 Å². The summed E-state index contributed by atoms with van der Waals surface area (Å²) in [5.41, 5.74) is 4.27. The fourth-order valence-electron chi connectivity index (χ4n) is 4.39. The van der Waals surface area contributed by atoms with Crippen molar-refractivity contribution in [3.05, 3.63) is 42.0 Å². The molecule has 1 atom stereocenters. The Morgan fingerprint density at radius 3 is 2.48 bits per heavy atom. The van der Waals surface area contributed by atoms with E-state index in [1.165, 1.54) is 0 Å². The zero-order valence-corrected chi connectivity index (χ0v) is 16.9. The zero-order valence-electron chi connectivity index (χ0n) is 16.9. The Morgan fingerprint density at radius 1 is 1.00 bits per heavy atom. The Labute approximate surface area is 169 Å². The molecule has 0 radical (unpaired) electrons. The molecule has 3 aromatic rings. The first-order valence-electron chi connectivity index (χ1n) is 9.64. The number of anilines is 1. The Balaban J connectivity index is 1.83. The van der Waals surface area contributed by atoms with E-state index in [0.717, 1.165) is 44.6 Å². The van der Waals surface area contributed by atoms with Gasteiger partial charge in [-0.05, 0) is 42.1 Å². The minimum Gasteiger partial charge on any atom is -0.493 e. The summed E-state index contributed by atoms with van der Waals surface area (Å²) >= 11 is 0. The third-order valence-corrected chi connectivity index (χ3v) is 5.63. The Morgan fingerprint density at radius 2 is 1.76 bits per heavy atom. The van der Waals surface area contributed by atoms with Crippen molar-refractivity contribution in [3.8, 4) is 34.1 Å². The number of methoxy groups -OCH3 is 2. The van der Waals surface area contributed by atoms with Crippen molar-refractivity contribution in [2.45, 2.75) is 13.2 Å². The molecule has 0 saturated heterocycles. The maximum absolute atomic E-state index is 6.20. The van der Waals surface area contributed by atoms with Gasteiger partial charge in [-0.15, -0.1) is 0 Å². The molecule has 0 aromatic heterocycles. The number of ether oxygens (including phenoxy) is 5. The summed E-state index contributed by atoms with van der Waals surface area (Å²) < 4.78 is 28.7. The predicted octanol–water partition coefficient (Wildman–Crippen LogP) is 4.74. The quantitative estimate of drug-likeness (QED) is 0.638. The standard InChI is InChI=1S/C23H23NO5/c1-5-27-23-20-14(8-9-17(25-3)22(20)26-4)15-7-6-13-10-18-19(29-12-28-18)11-16(13)21(15)24(23)2/h6-11,23H,5,12H2,1-4H3. The Hall–Kier alpha value is -3.12. The van der Waals surface area contributed by atoms with Gasteiger partial charge in [0.05, 0.1) is 25.5 Å². The molecule has 0 amide bonds. The molecule has 2 aliphatic heterocycles. The highest BCUT2D eigenvalue weighted by Gasteiger charge is 2.35. The molecule has 0 saturated carbocycles. The van der Waals surface area contributed by atoms with Crippen molar-refractivity contribution >= 4 is 16.5 Å². The molecule has 29 heavy (non-hydrogen) atoms. The summed E-state index contributed by atoms with van der Waals surface area (Å²) in [7, 11) is 5.36. The van der Waals surface area contributed by atoms with E-state index >= 15 is 0 Å². The van der Waals surface area contributed by atoms with E-state index in [9.17, 15) is 0 Å². The Kier molecular flexibility index (Phi) is 4.17. The highest BCUT2D eigenvalue weighted by molar-refractivity contribution is 6.05. The van der Waals surface area contributed by atoms with Crippen molar-refractivity contribution in [3.63, 3.8) is 0 Å². The molecule has 6 heteroatoms. The number of fused-ring (bicyclic) bond motifs is 6. The fraction of sp³-hybridized carbons (Fsp3) is 0.304. The van der Waals surface area contributed by atoms with Crippen LogP contribution in [-0.2, 0) is 4.74 Å². The molecule has 0 spiro atoms. The van der Waals surface area contributed by atoms with E-state index in [4.69, 9.17) is 23.7 Å². The lowest BCUT2D eigenvalue weighted by Crippen LogP contribution is -2.31. The van der Waals surface area contributed by atoms with E-state index in [2.05, 4.69) is 29.2 Å². The normalized spacial score (nSPS) is 16.6. The van der Waals surface area contributed by atoms with Gasteiger partial charge in [-0.25, -0.2) is 0 Å². The second-order valence-corrected chi connectivity index (χ2v) is 7.07. The highest BCUT2D eigenvalue weighted by Crippen LogP contribution is 2.53. The molecule has 0 aliphatic carbocycles. The molecular formula is C23H23NO5. The second kappa shape index (κ2) is 6.74. The molecule has 2 aliphatic rings. The minimum atomic E-state index is -0.302. The van der Waals surface area contributed by atoms with Crippen molar-refractivity contribution in [1.82, 2.24) is 0 Å². The smallest absolute Gasteiger partial charge is 0.231 e. The zero-order chi connectivity index (χ0) is 20.1. The summed E-state index contributed by atoms with van der Waals surface area (Å²) in [5, 5.41) is 2.19. The summed E-state index contributed by atoms with van der Waals surface area (Å²) in [6.07, 6.45) is -0.302. The average Bonchev–Trinajstić information content (AvgIpc) is 3.20. The summed E-state index contributed by atoms with van der Waals surface area (Å²) in [6, 6.07) is 12.4. The first kappa shape index (κ1) is 17.9. The summed E-state index contributed by atoms with van der Waals surface area (Å²) in [6.45, 7) is 2.82. The van der Waals surface area contributed by atoms with E-state index in [-0.39, 0.29) is 13.0 Å². The molecule has 1 unspecified atom stereocenters. The topological polar surface area (TPSA) is 49.4 Å². The van der Waals surface area contributed by atoms with Crippen LogP contribution in [0, 0.1) is 0 Å². The van der Waals surface area contributed by atoms with Gasteiger partial charge in [0, 0.05) is 24.6 Å². The van der Waals surface area contributed by atoms with Crippen LogP contribution in [0.5, 0.6) is 23.0 Å². The second-order valence-electron chi connectivity index (χ2n) is 7.07. The predicted molar refractivity (Wildman–Crippen MR) is 111 cm³/mol. The average molecular weight is 393 g/mol. The maximum Gasteiger partial charge on any atom is 0.231 e. The van der Waals surface area contributed by atoms with Gasteiger partial charge >= 0.3 is 0 Å². The lowest BCUT2D eigenvalue weighted by Gasteiger charge is -2.39. The third kappa shape index (κ3) is 2.52. The number of benzene rings is 3. The van der Waals surface area contributed by atoms with Gasteiger partial charge in [-0.3, -0.25) is 0 Å². The minimum absolute atomic E-state index is 0.255. The molecule has 3 aromatic carbocycles. The molecule has 0 fully saturated rings. The van der Waals surface area contributed by atoms with Crippen LogP contribution >= 0.6 is 0 Å². The third-order valence-electron chi connectivity index (χ3n) is 5.63. The van der Waals surface area contributed by atoms with Crippen LogP contribution in [0.4, 0.5) is 5.69 Å². The monoisotopic (exact) mass is 393 g/mol. The number of nitrogens with zero attached hydrogens (tertiary/aromatic N) is 1. The van der Waals surface area contributed by atoms with Gasteiger partial charge in [-0.1, -0.05) is 12.1 Å². The van der Waals surface area contributed by atoms with Gasteiger partial charge in [-0.2, -0.15) is 0 Å². The van der Waals surface area contributed by atoms with E-state index in [1.54, 1.807) is 14.2 Å². The lowest BCUT2D eigenvalue weighted by atomic mass is 9.88. The lowest BCUT2D eigenvalue weighted by molar-refractivity contribution is 0.0608. The van der Waals surface area contributed by atoms with Crippen LogP contribution in [-0.4, -0.2) is 34.7 Å². The molecule has 6 nitrogen and oxygen atoms in total. The van der Waals surface area contributed by atoms with Crippen LogP contribution in [0.3, 0.4) is 0 Å². The van der Waals surface area contributed by atoms with Crippen molar-refractivity contribution in [2.24, 2.45) is 0 Å². The number of hydrogen-bond donors (Lipinski definition) is 0. The fourth-order valence-corrected chi connectivity index (χ4v) is 4.39. The molecule has 5 rings (SSSR count). The van der Waals surface area contributed by atoms with Crippen molar-refractivity contribution in [1.29, 1.82) is 0 Å². The van der Waals surface area contributed by atoms with Gasteiger partial charge in [0.25, 0.3) is 0 Å². The highest BCUT2D eigenvalue weighted by atomic mass is 16.7. The van der Waals surface area contributed by atoms with Crippen LogP contribution in [0.25, 0.3) is 21.9 Å². The Bertz CT molecular complexity index is 1110. The van der Waals surface area contributed by atoms with Crippen LogP contribution in [0.1, 0.15) is 18.7 Å². The largest absolute Gasteiger partial charge is 0.493 e. The van der Waals surface area contributed by atoms with Gasteiger partial charge in [0.1, 0.15) is 0 Å². The van der Waals surface area contributed by atoms with Gasteiger partial charge in [0.2, 0.25) is 6.79 Å². The van der Waals surface area contributed by atoms with E-state index in [1.807, 2.05) is 26.1 Å². The molecule has 2 heterocycles. The number of hydrogen-bond acceptors (Lipinski definition) is 6. The van der Waals surface area contributed by atoms with E-state index in [0.29, 0.717) is 18.1 Å². The van der Waals surface area contributed by atoms with Gasteiger partial charge in [0.15, 0.2) is 29.2 Å². The molecule has 0 N–H and O–H groups in total. The molecule has 150 valence electrons. The van der Waals surface area contributed by atoms with Crippen LogP contribution in [0.15, 0.2) is 36.4 Å². The first-order chi connectivity index (χ1) is 14.2. The summed E-state index contributed by atoms with van der Waals surface area (Å²) in [5.74, 6) is 2.94. The van der Waals surface area contributed by atoms with Crippen LogP contribution < -0.4 is 23.8 Å². The summed E-state index contributed by atoms with van der Waals surface area (Å²) in [4.78, 5) is 2.16. The first-order valence-corrected chi connectivity index (χ1v) is 9.64. The SMILES string of the molecule is CCOC1c2c(ccc(OC)c2OC)-c2ccc3cc4c(cc3c2N1C)OCO4. The van der Waals surface area contributed by atoms with Crippen LogP contribution in [0.2, 0.25) is 0 Å². The van der Waals surface area contributed by atoms with E-state index < -0.39 is 0 Å². The number of rotatable bonds is 4. The van der Waals surface area contributed by atoms with Crippen molar-refractivity contribution < 1.29 is 23.7 Å². The maximum atomic E-state index is 6.20. The van der Waals surface area contributed by atoms with Gasteiger partial charge < -0.3 is 28.6 Å². The molecular weight excluding hydrogens is 370 g/mol.